The number of amides is 1. The van der Waals surface area contributed by atoms with Crippen molar-refractivity contribution >= 4 is 32.4 Å². The van der Waals surface area contributed by atoms with E-state index in [9.17, 15) is 22.0 Å². The Morgan fingerprint density at radius 1 is 1.11 bits per heavy atom. The van der Waals surface area contributed by atoms with E-state index in [1.165, 1.54) is 11.5 Å². The van der Waals surface area contributed by atoms with Crippen LogP contribution >= 0.6 is 11.5 Å². The predicted molar refractivity (Wildman–Crippen MR) is 125 cm³/mol. The van der Waals surface area contributed by atoms with Crippen LogP contribution in [0.3, 0.4) is 0 Å². The lowest BCUT2D eigenvalue weighted by Gasteiger charge is -2.36. The normalized spacial score (nSPS) is 20.1. The van der Waals surface area contributed by atoms with Gasteiger partial charge in [0, 0.05) is 57.0 Å². The molecule has 2 saturated heterocycles. The topological polar surface area (TPSA) is 102 Å². The average Bonchev–Trinajstić information content (AvgIpc) is 3.43. The number of hydrogen-bond donors (Lipinski definition) is 0. The Bertz CT molecular complexity index is 1190. The number of rotatable bonds is 7. The van der Waals surface area contributed by atoms with E-state index in [0.717, 1.165) is 11.4 Å². The minimum atomic E-state index is -3.79. The van der Waals surface area contributed by atoms with Gasteiger partial charge >= 0.3 is 0 Å². The average molecular weight is 531 g/mol. The molecule has 2 aliphatic rings. The van der Waals surface area contributed by atoms with Gasteiger partial charge in [-0.2, -0.15) is 4.37 Å². The van der Waals surface area contributed by atoms with Crippen LogP contribution < -0.4 is 9.64 Å². The monoisotopic (exact) mass is 530 g/mol. The fourth-order valence-corrected chi connectivity index (χ4v) is 5.69. The van der Waals surface area contributed by atoms with Gasteiger partial charge in [-0.05, 0) is 38.8 Å². The lowest BCUT2D eigenvalue weighted by Crippen LogP contribution is -2.47. The molecule has 0 saturated carbocycles. The molecule has 2 fully saturated rings. The first-order valence-corrected chi connectivity index (χ1v) is 13.9. The summed E-state index contributed by atoms with van der Waals surface area (Å²) in [5, 5.41) is 0.807. The Morgan fingerprint density at radius 3 is 2.31 bits per heavy atom. The Hall–Kier alpha value is -2.38. The molecule has 0 radical (unpaired) electrons. The highest BCUT2D eigenvalue weighted by atomic mass is 32.2. The number of methoxy groups -OCH3 is 1. The molecule has 0 spiro atoms. The molecule has 9 nitrogen and oxygen atoms in total. The Balaban J connectivity index is 1.37. The summed E-state index contributed by atoms with van der Waals surface area (Å²) in [5.74, 6) is -2.75. The molecule has 0 unspecified atom stereocenters. The van der Waals surface area contributed by atoms with E-state index in [2.05, 4.69) is 14.3 Å². The van der Waals surface area contributed by atoms with Gasteiger partial charge in [-0.1, -0.05) is 0 Å². The number of piperidine rings is 1. The maximum absolute atomic E-state index is 14.4. The second kappa shape index (κ2) is 9.58. The van der Waals surface area contributed by atoms with Crippen molar-refractivity contribution in [2.45, 2.75) is 55.8 Å². The maximum atomic E-state index is 14.4. The van der Waals surface area contributed by atoms with Gasteiger partial charge in [0.15, 0.2) is 39.1 Å². The molecule has 35 heavy (non-hydrogen) atoms. The van der Waals surface area contributed by atoms with Gasteiger partial charge in [-0.25, -0.2) is 22.2 Å². The number of benzene rings is 1. The minimum Gasteiger partial charge on any atom is -0.474 e. The van der Waals surface area contributed by atoms with Gasteiger partial charge in [0.05, 0.1) is 4.90 Å². The van der Waals surface area contributed by atoms with Gasteiger partial charge < -0.3 is 19.3 Å². The summed E-state index contributed by atoms with van der Waals surface area (Å²) in [6.45, 7) is 5.61. The van der Waals surface area contributed by atoms with Crippen LogP contribution in [0, 0.1) is 11.6 Å². The van der Waals surface area contributed by atoms with E-state index in [1.807, 2.05) is 13.8 Å². The van der Waals surface area contributed by atoms with Gasteiger partial charge in [0.1, 0.15) is 5.60 Å². The first-order chi connectivity index (χ1) is 16.4. The van der Waals surface area contributed by atoms with Crippen molar-refractivity contribution in [1.29, 1.82) is 0 Å². The Morgan fingerprint density at radius 2 is 1.74 bits per heavy atom. The quantitative estimate of drug-likeness (QED) is 0.539. The van der Waals surface area contributed by atoms with Gasteiger partial charge in [0.25, 0.3) is 5.91 Å². The molecular formula is C22H28F2N4O5S2. The van der Waals surface area contributed by atoms with Gasteiger partial charge in [0.2, 0.25) is 5.13 Å². The van der Waals surface area contributed by atoms with Gasteiger partial charge in [-0.15, -0.1) is 0 Å². The number of likely N-dealkylation sites (tertiary alicyclic amines) is 1. The number of nitrogens with zero attached hydrogens (tertiary/aromatic N) is 4. The highest BCUT2D eigenvalue weighted by molar-refractivity contribution is 7.90. The highest BCUT2D eigenvalue weighted by Crippen LogP contribution is 2.32. The zero-order chi connectivity index (χ0) is 25.5. The smallest absolute Gasteiger partial charge is 0.263 e. The number of ether oxygens (including phenoxy) is 2. The Kier molecular flexibility index (Phi) is 7.04. The van der Waals surface area contributed by atoms with Crippen LogP contribution in [0.5, 0.6) is 5.75 Å². The molecule has 1 aromatic heterocycles. The SMILES string of the molecule is COC(C)(C)c1nsc(N2CCC(N3CC[C@H](Oc4c(F)cc(S(C)(=O)=O)cc4F)C3=O)CC2)n1. The highest BCUT2D eigenvalue weighted by Gasteiger charge is 2.40. The molecule has 13 heteroatoms. The molecule has 2 aliphatic heterocycles. The standard InChI is InChI=1S/C22H28F2N4O5S2/c1-22(2,32-3)20-25-21(34-26-20)27-8-5-13(6-9-27)28-10-7-17(19(28)29)33-18-15(23)11-14(12-16(18)24)35(4,30)31/h11-13,17H,5-10H2,1-4H3/t17-/m0/s1. The lowest BCUT2D eigenvalue weighted by atomic mass is 10.0. The summed E-state index contributed by atoms with van der Waals surface area (Å²) < 4.78 is 67.2. The summed E-state index contributed by atoms with van der Waals surface area (Å²) in [6.07, 6.45) is 1.55. The minimum absolute atomic E-state index is 0.0162. The van der Waals surface area contributed by atoms with E-state index in [0.29, 0.717) is 50.4 Å². The van der Waals surface area contributed by atoms with Crippen molar-refractivity contribution in [3.63, 3.8) is 0 Å². The number of sulfone groups is 1. The largest absolute Gasteiger partial charge is 0.474 e. The fourth-order valence-electron chi connectivity index (χ4n) is 4.20. The van der Waals surface area contributed by atoms with E-state index in [4.69, 9.17) is 9.47 Å². The Labute approximate surface area is 207 Å². The summed E-state index contributed by atoms with van der Waals surface area (Å²) in [6, 6.07) is 1.39. The van der Waals surface area contributed by atoms with Crippen molar-refractivity contribution in [2.24, 2.45) is 0 Å². The number of anilines is 1. The van der Waals surface area contributed by atoms with E-state index in [-0.39, 0.29) is 18.4 Å². The molecule has 1 aromatic carbocycles. The van der Waals surface area contributed by atoms with E-state index < -0.39 is 43.8 Å². The summed E-state index contributed by atoms with van der Waals surface area (Å²) in [5.41, 5.74) is -0.575. The summed E-state index contributed by atoms with van der Waals surface area (Å²) in [7, 11) is -2.17. The van der Waals surface area contributed by atoms with Gasteiger partial charge in [-0.3, -0.25) is 4.79 Å². The van der Waals surface area contributed by atoms with Crippen LogP contribution in [0.1, 0.15) is 38.9 Å². The predicted octanol–water partition coefficient (Wildman–Crippen LogP) is 2.75. The number of aromatic nitrogens is 2. The van der Waals surface area contributed by atoms with Crippen molar-refractivity contribution in [1.82, 2.24) is 14.3 Å². The second-order valence-corrected chi connectivity index (χ2v) is 12.0. The molecule has 192 valence electrons. The van der Waals surface area contributed by atoms with Crippen LogP contribution in [0.4, 0.5) is 13.9 Å². The third kappa shape index (κ3) is 5.26. The molecule has 0 bridgehead atoms. The number of halogens is 2. The van der Waals surface area contributed by atoms with Crippen molar-refractivity contribution < 1.29 is 31.5 Å². The first-order valence-electron chi connectivity index (χ1n) is 11.2. The lowest BCUT2D eigenvalue weighted by molar-refractivity contribution is -0.135. The van der Waals surface area contributed by atoms with Crippen LogP contribution in [-0.2, 0) is 25.0 Å². The zero-order valence-electron chi connectivity index (χ0n) is 20.0. The fraction of sp³-hybridized carbons (Fsp3) is 0.591. The molecule has 0 aliphatic carbocycles. The molecule has 1 amide bonds. The summed E-state index contributed by atoms with van der Waals surface area (Å²) >= 11 is 1.31. The number of carbonyl (C=O) groups is 1. The van der Waals surface area contributed by atoms with E-state index in [1.54, 1.807) is 12.0 Å². The first kappa shape index (κ1) is 25.7. The van der Waals surface area contributed by atoms with Crippen molar-refractivity contribution in [3.8, 4) is 5.75 Å². The zero-order valence-corrected chi connectivity index (χ0v) is 21.6. The van der Waals surface area contributed by atoms with E-state index >= 15 is 0 Å². The second-order valence-electron chi connectivity index (χ2n) is 9.25. The van der Waals surface area contributed by atoms with Crippen LogP contribution in [0.25, 0.3) is 0 Å². The number of hydrogen-bond acceptors (Lipinski definition) is 9. The maximum Gasteiger partial charge on any atom is 0.263 e. The van der Waals surface area contributed by atoms with Crippen LogP contribution in [-0.4, -0.2) is 73.7 Å². The van der Waals surface area contributed by atoms with Crippen LogP contribution in [0.2, 0.25) is 0 Å². The molecule has 2 aromatic rings. The molecule has 1 atom stereocenters. The molecular weight excluding hydrogens is 502 g/mol. The third-order valence-electron chi connectivity index (χ3n) is 6.49. The summed E-state index contributed by atoms with van der Waals surface area (Å²) in [4.78, 5) is 20.9. The number of carbonyl (C=O) groups excluding carboxylic acids is 1. The third-order valence-corrected chi connectivity index (χ3v) is 8.36. The molecule has 0 N–H and O–H groups in total. The van der Waals surface area contributed by atoms with Crippen LogP contribution in [0.15, 0.2) is 17.0 Å². The van der Waals surface area contributed by atoms with Crippen molar-refractivity contribution in [3.05, 3.63) is 29.6 Å². The van der Waals surface area contributed by atoms with Crippen molar-refractivity contribution in [2.75, 3.05) is 37.9 Å². The molecule has 4 rings (SSSR count). The molecule has 3 heterocycles.